The number of primary amides is 1. The molecule has 2 atom stereocenters. The highest BCUT2D eigenvalue weighted by Crippen LogP contribution is 2.39. The van der Waals surface area contributed by atoms with Gasteiger partial charge in [0.1, 0.15) is 11.3 Å². The number of fused-ring (bicyclic) bond motifs is 2. The maximum absolute atomic E-state index is 13.5. The first kappa shape index (κ1) is 21.5. The van der Waals surface area contributed by atoms with Crippen LogP contribution in [0.2, 0.25) is 5.02 Å². The Morgan fingerprint density at radius 2 is 1.97 bits per heavy atom. The molecule has 2 amide bonds. The van der Waals surface area contributed by atoms with Crippen LogP contribution < -0.4 is 15.9 Å². The number of nitrogens with two attached hydrogens (primary N) is 1. The van der Waals surface area contributed by atoms with Crippen LogP contribution in [0.25, 0.3) is 11.0 Å². The summed E-state index contributed by atoms with van der Waals surface area (Å²) in [6, 6.07) is 11.0. The first-order valence-corrected chi connectivity index (χ1v) is 11.0. The monoisotopic (exact) mass is 468 g/mol. The van der Waals surface area contributed by atoms with E-state index in [4.69, 9.17) is 31.2 Å². The van der Waals surface area contributed by atoms with Crippen LogP contribution in [-0.2, 0) is 9.53 Å². The van der Waals surface area contributed by atoms with Gasteiger partial charge in [0.2, 0.25) is 5.76 Å². The number of benzene rings is 2. The number of ether oxygens (including phenoxy) is 2. The third-order valence-corrected chi connectivity index (χ3v) is 6.16. The zero-order chi connectivity index (χ0) is 23.1. The van der Waals surface area contributed by atoms with Crippen molar-refractivity contribution < 1.29 is 23.5 Å². The number of carbonyl (C=O) groups is 2. The van der Waals surface area contributed by atoms with Crippen molar-refractivity contribution in [2.45, 2.75) is 25.0 Å². The number of carbonyl (C=O) groups excluding carboxylic acids is 2. The number of hydrogen-bond donors (Lipinski definition) is 1. The van der Waals surface area contributed by atoms with Crippen LogP contribution in [0.1, 0.15) is 40.6 Å². The summed E-state index contributed by atoms with van der Waals surface area (Å²) in [4.78, 5) is 39.6. The van der Waals surface area contributed by atoms with E-state index < -0.39 is 11.9 Å². The molecule has 2 aliphatic rings. The van der Waals surface area contributed by atoms with Crippen LogP contribution in [0.15, 0.2) is 51.7 Å². The third kappa shape index (κ3) is 3.96. The molecule has 0 saturated carbocycles. The minimum atomic E-state index is -0.651. The first-order valence-electron chi connectivity index (χ1n) is 10.6. The van der Waals surface area contributed by atoms with Crippen LogP contribution in [0.4, 0.5) is 0 Å². The highest BCUT2D eigenvalue weighted by Gasteiger charge is 2.43. The van der Waals surface area contributed by atoms with Crippen molar-refractivity contribution in [3.05, 3.63) is 74.6 Å². The summed E-state index contributed by atoms with van der Waals surface area (Å²) in [7, 11) is 0. The van der Waals surface area contributed by atoms with Gasteiger partial charge in [0.05, 0.1) is 23.1 Å². The number of halogens is 1. The average molecular weight is 469 g/mol. The molecule has 2 aromatic carbocycles. The molecular formula is C24H21ClN2O6. The van der Waals surface area contributed by atoms with Gasteiger partial charge in [0, 0.05) is 18.2 Å². The summed E-state index contributed by atoms with van der Waals surface area (Å²) < 4.78 is 17.0. The van der Waals surface area contributed by atoms with Crippen LogP contribution in [0, 0.1) is 0 Å². The molecule has 2 N–H and O–H groups in total. The van der Waals surface area contributed by atoms with E-state index in [0.29, 0.717) is 40.5 Å². The number of rotatable bonds is 6. The van der Waals surface area contributed by atoms with Crippen molar-refractivity contribution in [3.63, 3.8) is 0 Å². The van der Waals surface area contributed by atoms with E-state index in [1.165, 1.54) is 0 Å². The Bertz CT molecular complexity index is 1300. The minimum absolute atomic E-state index is 0.0341. The molecule has 0 unspecified atom stereocenters. The molecule has 9 heteroatoms. The summed E-state index contributed by atoms with van der Waals surface area (Å²) in [5.74, 6) is -0.453. The second-order valence-electron chi connectivity index (χ2n) is 8.13. The van der Waals surface area contributed by atoms with Gasteiger partial charge in [0.25, 0.3) is 11.8 Å². The molecule has 8 nitrogen and oxygen atoms in total. The maximum atomic E-state index is 13.5. The van der Waals surface area contributed by atoms with Crippen LogP contribution >= 0.6 is 11.6 Å². The van der Waals surface area contributed by atoms with E-state index in [1.54, 1.807) is 47.4 Å². The third-order valence-electron chi connectivity index (χ3n) is 5.93. The molecule has 3 aromatic rings. The summed E-state index contributed by atoms with van der Waals surface area (Å²) in [5, 5.41) is 0.724. The van der Waals surface area contributed by atoms with Crippen molar-refractivity contribution >= 4 is 34.4 Å². The fourth-order valence-corrected chi connectivity index (χ4v) is 4.61. The van der Waals surface area contributed by atoms with E-state index in [-0.39, 0.29) is 35.4 Å². The molecule has 33 heavy (non-hydrogen) atoms. The van der Waals surface area contributed by atoms with Gasteiger partial charge >= 0.3 is 0 Å². The molecular weight excluding hydrogens is 448 g/mol. The van der Waals surface area contributed by atoms with Gasteiger partial charge in [-0.25, -0.2) is 0 Å². The standard InChI is InChI=1S/C24H21ClN2O6/c25-14-5-8-18-17(10-14)22(29)20-21(13-3-6-15(7-4-13)32-12-19(26)28)27(24(30)23(20)33-18)11-16-2-1-9-31-16/h3-8,10,16,21H,1-2,9,11-12H2,(H2,26,28)/t16-,21+/m1/s1. The van der Waals surface area contributed by atoms with Crippen LogP contribution in [-0.4, -0.2) is 42.6 Å². The molecule has 0 spiro atoms. The molecule has 1 fully saturated rings. The van der Waals surface area contributed by atoms with E-state index in [9.17, 15) is 14.4 Å². The fraction of sp³-hybridized carbons (Fsp3) is 0.292. The van der Waals surface area contributed by atoms with Crippen molar-refractivity contribution in [3.8, 4) is 5.75 Å². The van der Waals surface area contributed by atoms with Crippen molar-refractivity contribution in [1.82, 2.24) is 4.90 Å². The van der Waals surface area contributed by atoms with E-state index in [2.05, 4.69) is 0 Å². The van der Waals surface area contributed by atoms with Gasteiger partial charge in [-0.15, -0.1) is 0 Å². The number of hydrogen-bond acceptors (Lipinski definition) is 6. The smallest absolute Gasteiger partial charge is 0.291 e. The second kappa shape index (κ2) is 8.53. The zero-order valence-electron chi connectivity index (χ0n) is 17.6. The molecule has 1 saturated heterocycles. The molecule has 3 heterocycles. The van der Waals surface area contributed by atoms with Crippen LogP contribution in [0.5, 0.6) is 5.75 Å². The lowest BCUT2D eigenvalue weighted by Crippen LogP contribution is -2.36. The molecule has 0 aliphatic carbocycles. The van der Waals surface area contributed by atoms with Gasteiger partial charge in [-0.3, -0.25) is 14.4 Å². The van der Waals surface area contributed by atoms with Crippen molar-refractivity contribution in [1.29, 1.82) is 0 Å². The Hall–Kier alpha value is -3.36. The average Bonchev–Trinajstić information content (AvgIpc) is 3.41. The maximum Gasteiger partial charge on any atom is 0.291 e. The zero-order valence-corrected chi connectivity index (χ0v) is 18.3. The second-order valence-corrected chi connectivity index (χ2v) is 8.57. The Kier molecular flexibility index (Phi) is 5.55. The van der Waals surface area contributed by atoms with E-state index >= 15 is 0 Å². The molecule has 2 aliphatic heterocycles. The Morgan fingerprint density at radius 1 is 1.18 bits per heavy atom. The summed E-state index contributed by atoms with van der Waals surface area (Å²) >= 11 is 6.11. The lowest BCUT2D eigenvalue weighted by molar-refractivity contribution is -0.119. The van der Waals surface area contributed by atoms with Gasteiger partial charge in [-0.05, 0) is 48.7 Å². The summed E-state index contributed by atoms with van der Waals surface area (Å²) in [6.07, 6.45) is 1.66. The van der Waals surface area contributed by atoms with Crippen molar-refractivity contribution in [2.75, 3.05) is 19.8 Å². The van der Waals surface area contributed by atoms with Gasteiger partial charge in [-0.2, -0.15) is 0 Å². The lowest BCUT2D eigenvalue weighted by atomic mass is 9.98. The van der Waals surface area contributed by atoms with Gasteiger partial charge in [0.15, 0.2) is 12.0 Å². The molecule has 5 rings (SSSR count). The number of nitrogens with zero attached hydrogens (tertiary/aromatic N) is 1. The Labute approximate surface area is 193 Å². The summed E-state index contributed by atoms with van der Waals surface area (Å²) in [6.45, 7) is 0.742. The van der Waals surface area contributed by atoms with Crippen LogP contribution in [0.3, 0.4) is 0 Å². The van der Waals surface area contributed by atoms with Crippen molar-refractivity contribution in [2.24, 2.45) is 5.73 Å². The minimum Gasteiger partial charge on any atom is -0.484 e. The predicted octanol–water partition coefficient (Wildman–Crippen LogP) is 3.03. The molecule has 0 bridgehead atoms. The Morgan fingerprint density at radius 3 is 2.67 bits per heavy atom. The van der Waals surface area contributed by atoms with Gasteiger partial charge < -0.3 is 24.5 Å². The molecule has 1 aromatic heterocycles. The molecule has 0 radical (unpaired) electrons. The van der Waals surface area contributed by atoms with Gasteiger partial charge in [-0.1, -0.05) is 23.7 Å². The normalized spacial score (nSPS) is 19.8. The topological polar surface area (TPSA) is 112 Å². The van der Waals surface area contributed by atoms with E-state index in [0.717, 1.165) is 12.8 Å². The highest BCUT2D eigenvalue weighted by molar-refractivity contribution is 6.31. The largest absolute Gasteiger partial charge is 0.484 e. The first-order chi connectivity index (χ1) is 15.9. The van der Waals surface area contributed by atoms with E-state index in [1.807, 2.05) is 0 Å². The lowest BCUT2D eigenvalue weighted by Gasteiger charge is -2.27. The molecule has 170 valence electrons. The predicted molar refractivity (Wildman–Crippen MR) is 120 cm³/mol. The quantitative estimate of drug-likeness (QED) is 0.595. The fourth-order valence-electron chi connectivity index (χ4n) is 4.44. The summed E-state index contributed by atoms with van der Waals surface area (Å²) in [5.41, 5.74) is 6.13. The Balaban J connectivity index is 1.60. The highest BCUT2D eigenvalue weighted by atomic mass is 35.5. The number of amides is 2. The SMILES string of the molecule is NC(=O)COc1ccc([C@H]2c3c(oc4ccc(Cl)cc4c3=O)C(=O)N2C[C@H]2CCCO2)cc1.